The molecule has 0 saturated carbocycles. The van der Waals surface area contributed by atoms with Crippen LogP contribution < -0.4 is 10.9 Å². The van der Waals surface area contributed by atoms with Gasteiger partial charge >= 0.3 is 0 Å². The lowest BCUT2D eigenvalue weighted by molar-refractivity contribution is 0.831. The molecule has 0 atom stereocenters. The number of rotatable bonds is 5. The van der Waals surface area contributed by atoms with Crippen molar-refractivity contribution >= 4 is 16.5 Å². The molecular formula is C11H15N5OS. The van der Waals surface area contributed by atoms with Crippen LogP contribution in [0.1, 0.15) is 25.5 Å². The van der Waals surface area contributed by atoms with Gasteiger partial charge in [0.2, 0.25) is 5.13 Å². The lowest BCUT2D eigenvalue weighted by Gasteiger charge is -1.98. The highest BCUT2D eigenvalue weighted by molar-refractivity contribution is 7.18. The summed E-state index contributed by atoms with van der Waals surface area (Å²) in [4.78, 5) is 11.6. The molecule has 7 heteroatoms. The first-order chi connectivity index (χ1) is 8.70. The maximum atomic E-state index is 11.6. The summed E-state index contributed by atoms with van der Waals surface area (Å²) in [5, 5.41) is 18.9. The van der Waals surface area contributed by atoms with E-state index in [4.69, 9.17) is 0 Å². The predicted molar refractivity (Wildman–Crippen MR) is 71.9 cm³/mol. The summed E-state index contributed by atoms with van der Waals surface area (Å²) in [7, 11) is 0. The van der Waals surface area contributed by atoms with Gasteiger partial charge in [-0.25, -0.2) is 5.10 Å². The van der Waals surface area contributed by atoms with Crippen LogP contribution in [0.2, 0.25) is 0 Å². The van der Waals surface area contributed by atoms with E-state index in [0.29, 0.717) is 10.6 Å². The zero-order valence-electron chi connectivity index (χ0n) is 10.4. The minimum Gasteiger partial charge on any atom is -0.360 e. The average Bonchev–Trinajstić information content (AvgIpc) is 2.81. The van der Waals surface area contributed by atoms with Crippen LogP contribution in [0.25, 0.3) is 10.6 Å². The first-order valence-corrected chi connectivity index (χ1v) is 6.66. The fraction of sp³-hybridized carbons (Fsp3) is 0.455. The molecule has 2 aromatic heterocycles. The second-order valence-corrected chi connectivity index (χ2v) is 4.92. The first-order valence-electron chi connectivity index (χ1n) is 5.84. The van der Waals surface area contributed by atoms with Crippen LogP contribution in [-0.4, -0.2) is 26.9 Å². The Bertz CT molecular complexity index is 577. The predicted octanol–water partition coefficient (Wildman–Crippen LogP) is 1.81. The van der Waals surface area contributed by atoms with Crippen molar-refractivity contribution in [3.05, 3.63) is 22.1 Å². The van der Waals surface area contributed by atoms with Crippen molar-refractivity contribution < 1.29 is 0 Å². The van der Waals surface area contributed by atoms with Crippen molar-refractivity contribution in [3.63, 3.8) is 0 Å². The van der Waals surface area contributed by atoms with Gasteiger partial charge in [0, 0.05) is 6.54 Å². The monoisotopic (exact) mass is 265 g/mol. The number of H-pyrrole nitrogens is 1. The number of hydrogen-bond acceptors (Lipinski definition) is 6. The normalized spacial score (nSPS) is 10.6. The van der Waals surface area contributed by atoms with E-state index in [-0.39, 0.29) is 5.56 Å². The smallest absolute Gasteiger partial charge is 0.274 e. The van der Waals surface area contributed by atoms with Gasteiger partial charge in [0.15, 0.2) is 5.01 Å². The summed E-state index contributed by atoms with van der Waals surface area (Å²) in [6, 6.07) is 1.72. The molecule has 0 saturated heterocycles. The highest BCUT2D eigenvalue weighted by Crippen LogP contribution is 2.23. The molecular weight excluding hydrogens is 250 g/mol. The number of nitrogens with one attached hydrogen (secondary N) is 2. The van der Waals surface area contributed by atoms with Gasteiger partial charge in [-0.05, 0) is 19.4 Å². The molecule has 0 bridgehead atoms. The summed E-state index contributed by atoms with van der Waals surface area (Å²) in [5.74, 6) is 0. The Labute approximate surface area is 108 Å². The summed E-state index contributed by atoms with van der Waals surface area (Å²) in [6.07, 6.45) is 2.21. The van der Waals surface area contributed by atoms with Crippen LogP contribution in [0.4, 0.5) is 5.13 Å². The maximum Gasteiger partial charge on any atom is 0.274 e. The number of aromatic amines is 1. The van der Waals surface area contributed by atoms with Gasteiger partial charge in [-0.2, -0.15) is 5.10 Å². The number of aryl methyl sites for hydroxylation is 1. The summed E-state index contributed by atoms with van der Waals surface area (Å²) < 4.78 is 0. The fourth-order valence-electron chi connectivity index (χ4n) is 1.44. The Morgan fingerprint density at radius 3 is 3.06 bits per heavy atom. The van der Waals surface area contributed by atoms with Gasteiger partial charge in [0.25, 0.3) is 5.56 Å². The van der Waals surface area contributed by atoms with E-state index in [0.717, 1.165) is 30.2 Å². The fourth-order valence-corrected chi connectivity index (χ4v) is 2.22. The zero-order valence-corrected chi connectivity index (χ0v) is 11.2. The van der Waals surface area contributed by atoms with E-state index in [2.05, 4.69) is 32.6 Å². The summed E-state index contributed by atoms with van der Waals surface area (Å²) in [5.41, 5.74) is 1.03. The summed E-state index contributed by atoms with van der Waals surface area (Å²) in [6.45, 7) is 4.82. The Balaban J connectivity index is 2.19. The van der Waals surface area contributed by atoms with E-state index >= 15 is 0 Å². The van der Waals surface area contributed by atoms with Crippen molar-refractivity contribution in [2.24, 2.45) is 0 Å². The van der Waals surface area contributed by atoms with Gasteiger partial charge in [0.1, 0.15) is 0 Å². The second-order valence-electron chi connectivity index (χ2n) is 3.94. The van der Waals surface area contributed by atoms with Gasteiger partial charge in [-0.3, -0.25) is 4.79 Å². The van der Waals surface area contributed by atoms with Crippen molar-refractivity contribution in [1.29, 1.82) is 0 Å². The van der Waals surface area contributed by atoms with Crippen molar-refractivity contribution in [1.82, 2.24) is 20.4 Å². The molecule has 0 radical (unpaired) electrons. The van der Waals surface area contributed by atoms with Crippen molar-refractivity contribution in [3.8, 4) is 10.6 Å². The van der Waals surface area contributed by atoms with E-state index < -0.39 is 0 Å². The van der Waals surface area contributed by atoms with Gasteiger partial charge in [-0.1, -0.05) is 24.7 Å². The highest BCUT2D eigenvalue weighted by atomic mass is 32.1. The Hall–Kier alpha value is -1.76. The minimum atomic E-state index is -0.239. The molecule has 0 unspecified atom stereocenters. The lowest BCUT2D eigenvalue weighted by atomic mass is 10.3. The average molecular weight is 265 g/mol. The molecule has 0 aliphatic rings. The molecule has 0 aliphatic heterocycles. The molecule has 0 amide bonds. The molecule has 96 valence electrons. The largest absolute Gasteiger partial charge is 0.360 e. The van der Waals surface area contributed by atoms with Gasteiger partial charge in [0.05, 0.1) is 11.3 Å². The van der Waals surface area contributed by atoms with Crippen LogP contribution in [0, 0.1) is 6.92 Å². The van der Waals surface area contributed by atoms with E-state index in [1.165, 1.54) is 11.3 Å². The van der Waals surface area contributed by atoms with Gasteiger partial charge < -0.3 is 5.32 Å². The molecule has 0 fully saturated rings. The molecule has 18 heavy (non-hydrogen) atoms. The standard InChI is InChI=1S/C11H15N5OS/c1-3-4-5-12-11-16-15-10(18-11)8-6-7(2)13-14-9(8)17/h6H,3-5H2,1-2H3,(H,12,16)(H,14,17). The molecule has 2 N–H and O–H groups in total. The Kier molecular flexibility index (Phi) is 4.03. The molecule has 2 rings (SSSR count). The molecule has 6 nitrogen and oxygen atoms in total. The number of nitrogens with zero attached hydrogens (tertiary/aromatic N) is 3. The third-order valence-corrected chi connectivity index (χ3v) is 3.31. The van der Waals surface area contributed by atoms with E-state index in [9.17, 15) is 4.79 Å². The molecule has 0 spiro atoms. The molecule has 0 aliphatic carbocycles. The number of aromatic nitrogens is 4. The van der Waals surface area contributed by atoms with Crippen LogP contribution in [0.3, 0.4) is 0 Å². The lowest BCUT2D eigenvalue weighted by Crippen LogP contribution is -2.11. The van der Waals surface area contributed by atoms with Gasteiger partial charge in [-0.15, -0.1) is 10.2 Å². The molecule has 2 aromatic rings. The molecule has 2 heterocycles. The third-order valence-electron chi connectivity index (χ3n) is 2.39. The number of hydrogen-bond donors (Lipinski definition) is 2. The Morgan fingerprint density at radius 1 is 1.44 bits per heavy atom. The SMILES string of the molecule is CCCCNc1nnc(-c2cc(C)n[nH]c2=O)s1. The van der Waals surface area contributed by atoms with E-state index in [1.54, 1.807) is 6.07 Å². The second kappa shape index (κ2) is 5.72. The van der Waals surface area contributed by atoms with E-state index in [1.807, 2.05) is 6.92 Å². The van der Waals surface area contributed by atoms with Crippen molar-refractivity contribution in [2.45, 2.75) is 26.7 Å². The van der Waals surface area contributed by atoms with Crippen LogP contribution in [0.15, 0.2) is 10.9 Å². The maximum absolute atomic E-state index is 11.6. The topological polar surface area (TPSA) is 83.6 Å². The molecule has 0 aromatic carbocycles. The van der Waals surface area contributed by atoms with Crippen LogP contribution >= 0.6 is 11.3 Å². The highest BCUT2D eigenvalue weighted by Gasteiger charge is 2.10. The quantitative estimate of drug-likeness (QED) is 0.805. The third kappa shape index (κ3) is 2.92. The minimum absolute atomic E-state index is 0.239. The number of anilines is 1. The van der Waals surface area contributed by atoms with Crippen LogP contribution in [0.5, 0.6) is 0 Å². The number of unbranched alkanes of at least 4 members (excludes halogenated alkanes) is 1. The van der Waals surface area contributed by atoms with Crippen molar-refractivity contribution in [2.75, 3.05) is 11.9 Å². The first kappa shape index (κ1) is 12.7. The van der Waals surface area contributed by atoms with Crippen LogP contribution in [-0.2, 0) is 0 Å². The summed E-state index contributed by atoms with van der Waals surface area (Å²) >= 11 is 1.38. The zero-order chi connectivity index (χ0) is 13.0. The Morgan fingerprint density at radius 2 is 2.28 bits per heavy atom.